The normalized spacial score (nSPS) is 14.0. The number of aryl methyl sites for hydroxylation is 3. The second-order valence-corrected chi connectivity index (χ2v) is 13.9. The molecule has 0 amide bonds. The van der Waals surface area contributed by atoms with Crippen LogP contribution >= 0.6 is 0 Å². The predicted octanol–water partition coefficient (Wildman–Crippen LogP) is 6.91. The molecule has 11 nitrogen and oxygen atoms in total. The molecule has 0 radical (unpaired) electrons. The third-order valence-corrected chi connectivity index (χ3v) is 9.45. The molecule has 0 aliphatic heterocycles. The van der Waals surface area contributed by atoms with Gasteiger partial charge in [0, 0.05) is 24.6 Å². The number of hydrogen-bond acceptors (Lipinski definition) is 9. The van der Waals surface area contributed by atoms with Crippen LogP contribution in [0.2, 0.25) is 0 Å². The summed E-state index contributed by atoms with van der Waals surface area (Å²) in [5, 5.41) is 7.07. The Labute approximate surface area is 263 Å². The van der Waals surface area contributed by atoms with Crippen molar-refractivity contribution in [2.45, 2.75) is 80.9 Å². The highest BCUT2D eigenvalue weighted by atomic mass is 32.2. The molecule has 1 aliphatic rings. The zero-order valence-electron chi connectivity index (χ0n) is 24.8. The Morgan fingerprint density at radius 1 is 0.848 bits per heavy atom. The molecule has 250 valence electrons. The maximum atomic E-state index is 14.2. The topological polar surface area (TPSA) is 154 Å². The number of ether oxygens (including phenoxy) is 1. The zero-order chi connectivity index (χ0) is 33.5. The first-order valence-corrected chi connectivity index (χ1v) is 17.1. The Bertz CT molecular complexity index is 1820. The average Bonchev–Trinajstić information content (AvgIpc) is 3.71. The number of nitrogens with zero attached hydrogens (tertiary/aromatic N) is 2. The maximum absolute atomic E-state index is 14.2. The Hall–Kier alpha value is -4.12. The van der Waals surface area contributed by atoms with Crippen LogP contribution in [-0.2, 0) is 26.5 Å². The van der Waals surface area contributed by atoms with Gasteiger partial charge in [0.2, 0.25) is 0 Å². The average molecular weight is 689 g/mol. The van der Waals surface area contributed by atoms with Gasteiger partial charge in [0.1, 0.15) is 28.0 Å². The van der Waals surface area contributed by atoms with E-state index in [1.54, 1.807) is 13.8 Å². The first-order chi connectivity index (χ1) is 21.6. The first kappa shape index (κ1) is 34.7. The molecule has 2 aromatic heterocycles. The second kappa shape index (κ2) is 14.5. The van der Waals surface area contributed by atoms with Gasteiger partial charge in [-0.2, -0.15) is 13.2 Å². The van der Waals surface area contributed by atoms with Crippen molar-refractivity contribution in [1.82, 2.24) is 10.3 Å². The van der Waals surface area contributed by atoms with Gasteiger partial charge in [-0.3, -0.25) is 9.44 Å². The van der Waals surface area contributed by atoms with Gasteiger partial charge < -0.3 is 13.8 Å². The van der Waals surface area contributed by atoms with Crippen molar-refractivity contribution in [2.24, 2.45) is 0 Å². The lowest BCUT2D eigenvalue weighted by Gasteiger charge is -2.14. The van der Waals surface area contributed by atoms with E-state index in [2.05, 4.69) is 19.8 Å². The molecule has 0 unspecified atom stereocenters. The summed E-state index contributed by atoms with van der Waals surface area (Å²) < 4.78 is 119. The monoisotopic (exact) mass is 688 g/mol. The fourth-order valence-corrected chi connectivity index (χ4v) is 6.55. The van der Waals surface area contributed by atoms with Gasteiger partial charge in [0.05, 0.1) is 11.0 Å². The molecule has 17 heteroatoms. The minimum absolute atomic E-state index is 0.00211. The van der Waals surface area contributed by atoms with Crippen molar-refractivity contribution in [3.05, 3.63) is 77.5 Å². The van der Waals surface area contributed by atoms with E-state index in [-0.39, 0.29) is 35.5 Å². The van der Waals surface area contributed by atoms with Crippen molar-refractivity contribution in [1.29, 1.82) is 0 Å². The quantitative estimate of drug-likeness (QED) is 0.160. The van der Waals surface area contributed by atoms with E-state index in [0.29, 0.717) is 22.8 Å². The van der Waals surface area contributed by atoms with E-state index >= 15 is 0 Å². The molecule has 0 bridgehead atoms. The fourth-order valence-electron chi connectivity index (χ4n) is 4.52. The second-order valence-electron chi connectivity index (χ2n) is 10.6. The molecule has 2 aromatic carbocycles. The lowest BCUT2D eigenvalue weighted by Crippen LogP contribution is -2.15. The zero-order valence-corrected chi connectivity index (χ0v) is 26.4. The lowest BCUT2D eigenvalue weighted by atomic mass is 10.1. The summed E-state index contributed by atoms with van der Waals surface area (Å²) in [7, 11) is -7.89. The van der Waals surface area contributed by atoms with Crippen LogP contribution in [0.25, 0.3) is 0 Å². The van der Waals surface area contributed by atoms with E-state index in [1.165, 1.54) is 48.5 Å². The largest absolute Gasteiger partial charge is 0.490 e. The highest BCUT2D eigenvalue weighted by Gasteiger charge is 2.26. The summed E-state index contributed by atoms with van der Waals surface area (Å²) >= 11 is 0. The number of anilines is 2. The summed E-state index contributed by atoms with van der Waals surface area (Å²) in [6, 6.07) is 12.3. The summed E-state index contributed by atoms with van der Waals surface area (Å²) in [5.41, 5.74) is 0.644. The van der Waals surface area contributed by atoms with Crippen LogP contribution in [0, 0.1) is 19.7 Å². The van der Waals surface area contributed by atoms with Crippen LogP contribution in [0.15, 0.2) is 73.4 Å². The van der Waals surface area contributed by atoms with Crippen molar-refractivity contribution in [3.8, 4) is 5.75 Å². The Balaban J connectivity index is 0.000000209. The standard InChI is InChI=1S/C15H17FN2O4S.C14H15F3N2O3S/c1-10-8-15(17-22-10)18-23(19,20)14-7-6-12(9-13(14)16)21-11-4-2-3-5-11;1-10-9-13(18-22-10)19-23(20,21)12-6-4-11(5-7-12)3-2-8-14(15,16)17/h6-9,11H,2-5H2,1H3,(H,17,18);4-7,9H,2-3,8H2,1H3,(H,18,19). The Morgan fingerprint density at radius 2 is 1.41 bits per heavy atom. The molecule has 5 rings (SSSR count). The number of rotatable bonds is 11. The number of nitrogens with one attached hydrogen (secondary N) is 2. The van der Waals surface area contributed by atoms with Gasteiger partial charge in [-0.15, -0.1) is 0 Å². The first-order valence-electron chi connectivity index (χ1n) is 14.1. The summed E-state index contributed by atoms with van der Waals surface area (Å²) in [6.07, 6.45) is -0.691. The molecule has 0 atom stereocenters. The van der Waals surface area contributed by atoms with Crippen LogP contribution in [-0.4, -0.2) is 39.4 Å². The number of aromatic nitrogens is 2. The number of halogens is 4. The van der Waals surface area contributed by atoms with Crippen molar-refractivity contribution < 1.29 is 48.2 Å². The van der Waals surface area contributed by atoms with Gasteiger partial charge in [-0.25, -0.2) is 21.2 Å². The highest BCUT2D eigenvalue weighted by molar-refractivity contribution is 7.93. The molecule has 0 spiro atoms. The molecule has 2 heterocycles. The van der Waals surface area contributed by atoms with E-state index < -0.39 is 43.4 Å². The molecule has 1 fully saturated rings. The Kier molecular flexibility index (Phi) is 11.0. The summed E-state index contributed by atoms with van der Waals surface area (Å²) in [6.45, 7) is 3.25. The minimum Gasteiger partial charge on any atom is -0.490 e. The van der Waals surface area contributed by atoms with Gasteiger partial charge in [0.25, 0.3) is 20.0 Å². The van der Waals surface area contributed by atoms with E-state index in [1.807, 2.05) is 0 Å². The van der Waals surface area contributed by atoms with Crippen LogP contribution in [0.3, 0.4) is 0 Å². The fraction of sp³-hybridized carbons (Fsp3) is 0.379. The number of sulfonamides is 2. The van der Waals surface area contributed by atoms with Gasteiger partial charge in [0.15, 0.2) is 11.6 Å². The van der Waals surface area contributed by atoms with E-state index in [9.17, 15) is 34.4 Å². The van der Waals surface area contributed by atoms with Crippen molar-refractivity contribution in [3.63, 3.8) is 0 Å². The Morgan fingerprint density at radius 3 is 1.91 bits per heavy atom. The third-order valence-electron chi connectivity index (χ3n) is 6.69. The number of benzene rings is 2. The number of hydrogen-bond donors (Lipinski definition) is 2. The summed E-state index contributed by atoms with van der Waals surface area (Å²) in [4.78, 5) is -0.463. The molecule has 4 aromatic rings. The maximum Gasteiger partial charge on any atom is 0.389 e. The van der Waals surface area contributed by atoms with Gasteiger partial charge >= 0.3 is 6.18 Å². The smallest absolute Gasteiger partial charge is 0.389 e. The molecule has 2 N–H and O–H groups in total. The van der Waals surface area contributed by atoms with Gasteiger partial charge in [-0.1, -0.05) is 22.4 Å². The predicted molar refractivity (Wildman–Crippen MR) is 159 cm³/mol. The molecular formula is C29H32F4N4O7S2. The van der Waals surface area contributed by atoms with Gasteiger partial charge in [-0.05, 0) is 82.2 Å². The molecule has 1 saturated carbocycles. The third kappa shape index (κ3) is 10.2. The van der Waals surface area contributed by atoms with Crippen LogP contribution in [0.1, 0.15) is 55.6 Å². The molecule has 46 heavy (non-hydrogen) atoms. The molecular weight excluding hydrogens is 656 g/mol. The van der Waals surface area contributed by atoms with Crippen LogP contribution in [0.4, 0.5) is 29.2 Å². The van der Waals surface area contributed by atoms with E-state index in [0.717, 1.165) is 31.7 Å². The van der Waals surface area contributed by atoms with E-state index in [4.69, 9.17) is 13.8 Å². The van der Waals surface area contributed by atoms with Crippen LogP contribution < -0.4 is 14.2 Å². The SMILES string of the molecule is Cc1cc(NS(=O)(=O)c2ccc(CCCC(F)(F)F)cc2)no1.Cc1cc(NS(=O)(=O)c2ccc(OC3CCCC3)cc2F)no1. The number of alkyl halides is 3. The summed E-state index contributed by atoms with van der Waals surface area (Å²) in [5.74, 6) is 0.454. The van der Waals surface area contributed by atoms with Crippen molar-refractivity contribution in [2.75, 3.05) is 9.44 Å². The minimum atomic E-state index is -4.18. The molecule has 1 aliphatic carbocycles. The lowest BCUT2D eigenvalue weighted by molar-refractivity contribution is -0.135. The highest BCUT2D eigenvalue weighted by Crippen LogP contribution is 2.28. The van der Waals surface area contributed by atoms with Crippen molar-refractivity contribution >= 4 is 31.7 Å². The van der Waals surface area contributed by atoms with Crippen LogP contribution in [0.5, 0.6) is 5.75 Å². The molecule has 0 saturated heterocycles.